The molecule has 0 amide bonds. The van der Waals surface area contributed by atoms with E-state index in [4.69, 9.17) is 17.0 Å². The van der Waals surface area contributed by atoms with E-state index in [0.29, 0.717) is 18.4 Å². The highest BCUT2D eigenvalue weighted by molar-refractivity contribution is 6.47. The van der Waals surface area contributed by atoms with Gasteiger partial charge in [-0.15, -0.1) is 0 Å². The van der Waals surface area contributed by atoms with Crippen LogP contribution < -0.4 is 0 Å². The minimum Gasteiger partial charge on any atom is -0.478 e. The third-order valence-corrected chi connectivity index (χ3v) is 4.81. The SMILES string of the molecule is CCCC#Cc1ccc(C2=C(F)C(=N)/C(Cl)=C(/C(=O)O)CCC2C)cc1F. The Morgan fingerprint density at radius 1 is 1.41 bits per heavy atom. The molecule has 1 atom stereocenters. The maximum absolute atomic E-state index is 15.0. The lowest BCUT2D eigenvalue weighted by molar-refractivity contribution is -0.132. The number of aliphatic carboxylic acids is 1. The highest BCUT2D eigenvalue weighted by Crippen LogP contribution is 2.37. The van der Waals surface area contributed by atoms with Gasteiger partial charge in [-0.1, -0.05) is 43.4 Å². The Hall–Kier alpha value is -2.45. The summed E-state index contributed by atoms with van der Waals surface area (Å²) >= 11 is 5.94. The van der Waals surface area contributed by atoms with Gasteiger partial charge in [0.05, 0.1) is 16.2 Å². The molecule has 0 saturated heterocycles. The molecule has 0 aromatic heterocycles. The van der Waals surface area contributed by atoms with Gasteiger partial charge in [0.2, 0.25) is 0 Å². The summed E-state index contributed by atoms with van der Waals surface area (Å²) in [4.78, 5) is 11.3. The van der Waals surface area contributed by atoms with Crippen LogP contribution >= 0.6 is 11.6 Å². The number of benzene rings is 1. The average molecular weight is 392 g/mol. The first-order valence-corrected chi connectivity index (χ1v) is 9.05. The van der Waals surface area contributed by atoms with E-state index < -0.39 is 34.3 Å². The van der Waals surface area contributed by atoms with Crippen molar-refractivity contribution in [2.24, 2.45) is 5.92 Å². The molecule has 0 saturated carbocycles. The second kappa shape index (κ2) is 8.96. The lowest BCUT2D eigenvalue weighted by Gasteiger charge is -2.22. The van der Waals surface area contributed by atoms with E-state index in [2.05, 4.69) is 11.8 Å². The van der Waals surface area contributed by atoms with Crippen LogP contribution in [0.2, 0.25) is 0 Å². The highest BCUT2D eigenvalue weighted by atomic mass is 35.5. The Bertz CT molecular complexity index is 906. The molecule has 3 nitrogen and oxygen atoms in total. The molecule has 27 heavy (non-hydrogen) atoms. The molecular formula is C21H20ClF2NO2. The zero-order chi connectivity index (χ0) is 20.1. The molecule has 1 aromatic rings. The molecule has 0 radical (unpaired) electrons. The quantitative estimate of drug-likeness (QED) is 0.650. The maximum Gasteiger partial charge on any atom is 0.333 e. The zero-order valence-electron chi connectivity index (χ0n) is 15.1. The van der Waals surface area contributed by atoms with Crippen molar-refractivity contribution in [2.75, 3.05) is 0 Å². The van der Waals surface area contributed by atoms with E-state index >= 15 is 0 Å². The Morgan fingerprint density at radius 2 is 2.11 bits per heavy atom. The number of allylic oxidation sites excluding steroid dienone is 3. The molecular weight excluding hydrogens is 372 g/mol. The van der Waals surface area contributed by atoms with Crippen LogP contribution in [-0.2, 0) is 4.79 Å². The Balaban J connectivity index is 2.53. The summed E-state index contributed by atoms with van der Waals surface area (Å²) in [5.41, 5.74) is -0.202. The Morgan fingerprint density at radius 3 is 2.70 bits per heavy atom. The molecule has 2 N–H and O–H groups in total. The van der Waals surface area contributed by atoms with E-state index in [0.717, 1.165) is 6.42 Å². The fraction of sp³-hybridized carbons (Fsp3) is 0.333. The number of unbranched alkanes of at least 4 members (excludes halogenated alkanes) is 1. The van der Waals surface area contributed by atoms with Crippen molar-refractivity contribution in [3.8, 4) is 11.8 Å². The fourth-order valence-corrected chi connectivity index (χ4v) is 3.15. The molecule has 1 aliphatic rings. The topological polar surface area (TPSA) is 61.2 Å². The van der Waals surface area contributed by atoms with Crippen LogP contribution in [0.1, 0.15) is 50.7 Å². The van der Waals surface area contributed by atoms with Gasteiger partial charge in [-0.2, -0.15) is 0 Å². The van der Waals surface area contributed by atoms with Crippen molar-refractivity contribution in [3.63, 3.8) is 0 Å². The van der Waals surface area contributed by atoms with Crippen LogP contribution in [0.4, 0.5) is 8.78 Å². The number of carboxylic acids is 1. The van der Waals surface area contributed by atoms with Crippen LogP contribution in [0.3, 0.4) is 0 Å². The highest BCUT2D eigenvalue weighted by Gasteiger charge is 2.28. The molecule has 1 aliphatic carbocycles. The molecule has 0 aliphatic heterocycles. The van der Waals surface area contributed by atoms with Gasteiger partial charge in [0, 0.05) is 12.0 Å². The third-order valence-electron chi connectivity index (χ3n) is 4.40. The summed E-state index contributed by atoms with van der Waals surface area (Å²) in [6, 6.07) is 4.25. The van der Waals surface area contributed by atoms with E-state index in [9.17, 15) is 18.7 Å². The molecule has 0 bridgehead atoms. The molecule has 6 heteroatoms. The van der Waals surface area contributed by atoms with Gasteiger partial charge in [0.15, 0.2) is 5.83 Å². The molecule has 0 fully saturated rings. The van der Waals surface area contributed by atoms with E-state index in [1.807, 2.05) is 6.92 Å². The average Bonchev–Trinajstić information content (AvgIpc) is 2.62. The van der Waals surface area contributed by atoms with Gasteiger partial charge < -0.3 is 5.11 Å². The second-order valence-electron chi connectivity index (χ2n) is 6.39. The minimum absolute atomic E-state index is 0.0948. The Kier molecular flexibility index (Phi) is 6.92. The number of nitrogens with one attached hydrogen (secondary N) is 1. The number of rotatable bonds is 3. The predicted octanol–water partition coefficient (Wildman–Crippen LogP) is 5.69. The first-order valence-electron chi connectivity index (χ1n) is 8.67. The largest absolute Gasteiger partial charge is 0.478 e. The van der Waals surface area contributed by atoms with Gasteiger partial charge >= 0.3 is 5.97 Å². The second-order valence-corrected chi connectivity index (χ2v) is 6.76. The van der Waals surface area contributed by atoms with E-state index in [1.165, 1.54) is 12.1 Å². The summed E-state index contributed by atoms with van der Waals surface area (Å²) in [5.74, 6) is 2.43. The monoisotopic (exact) mass is 391 g/mol. The van der Waals surface area contributed by atoms with E-state index in [1.54, 1.807) is 13.0 Å². The molecule has 0 heterocycles. The molecule has 142 valence electrons. The Labute approximate surface area is 162 Å². The number of hydrogen-bond acceptors (Lipinski definition) is 2. The van der Waals surface area contributed by atoms with Crippen LogP contribution in [0.5, 0.6) is 0 Å². The number of carboxylic acid groups (broad SMARTS) is 1. The van der Waals surface area contributed by atoms with Crippen LogP contribution in [0.25, 0.3) is 5.57 Å². The van der Waals surface area contributed by atoms with Crippen LogP contribution in [0.15, 0.2) is 34.6 Å². The first kappa shape index (κ1) is 20.9. The number of halogens is 3. The number of hydrogen-bond donors (Lipinski definition) is 2. The first-order chi connectivity index (χ1) is 12.8. The van der Waals surface area contributed by atoms with Crippen LogP contribution in [0, 0.1) is 29.0 Å². The van der Waals surface area contributed by atoms with Crippen LogP contribution in [-0.4, -0.2) is 16.8 Å². The van der Waals surface area contributed by atoms with Gasteiger partial charge in [0.25, 0.3) is 0 Å². The molecule has 2 rings (SSSR count). The van der Waals surface area contributed by atoms with Crippen molar-refractivity contribution < 1.29 is 18.7 Å². The van der Waals surface area contributed by atoms with Crippen molar-refractivity contribution in [1.29, 1.82) is 5.41 Å². The fourth-order valence-electron chi connectivity index (χ4n) is 2.89. The van der Waals surface area contributed by atoms with E-state index in [-0.39, 0.29) is 23.1 Å². The van der Waals surface area contributed by atoms with Gasteiger partial charge in [-0.25, -0.2) is 13.6 Å². The minimum atomic E-state index is -1.27. The summed E-state index contributed by atoms with van der Waals surface area (Å²) in [6.07, 6.45) is 1.94. The summed E-state index contributed by atoms with van der Waals surface area (Å²) in [7, 11) is 0. The molecule has 1 unspecified atom stereocenters. The molecule has 0 spiro atoms. The zero-order valence-corrected chi connectivity index (χ0v) is 15.9. The normalized spacial score (nSPS) is 20.6. The summed E-state index contributed by atoms with van der Waals surface area (Å²) in [5, 5.41) is 16.7. The van der Waals surface area contributed by atoms with Gasteiger partial charge in [0.1, 0.15) is 11.5 Å². The van der Waals surface area contributed by atoms with Crippen molar-refractivity contribution in [1.82, 2.24) is 0 Å². The van der Waals surface area contributed by atoms with Crippen molar-refractivity contribution >= 4 is 28.9 Å². The summed E-state index contributed by atoms with van der Waals surface area (Å²) < 4.78 is 29.4. The van der Waals surface area contributed by atoms with Gasteiger partial charge in [-0.3, -0.25) is 5.41 Å². The summed E-state index contributed by atoms with van der Waals surface area (Å²) in [6.45, 7) is 3.69. The lowest BCUT2D eigenvalue weighted by Crippen LogP contribution is -2.16. The van der Waals surface area contributed by atoms with Crippen molar-refractivity contribution in [2.45, 2.75) is 39.5 Å². The van der Waals surface area contributed by atoms with Gasteiger partial charge in [-0.05, 0) is 42.9 Å². The van der Waals surface area contributed by atoms with Crippen molar-refractivity contribution in [3.05, 3.63) is 51.6 Å². The maximum atomic E-state index is 15.0. The number of carbonyl (C=O) groups is 1. The molecule has 1 aromatic carbocycles. The smallest absolute Gasteiger partial charge is 0.333 e. The predicted molar refractivity (Wildman–Crippen MR) is 103 cm³/mol. The third kappa shape index (κ3) is 4.64. The lowest BCUT2D eigenvalue weighted by atomic mass is 9.85. The standard InChI is InChI=1S/C21H20ClF2NO2/c1-3-4-5-6-13-8-9-14(11-16(13)23)17-12(2)7-10-15(21(26)27)18(22)20(25)19(17)24/h8-9,11-12,25H,3-4,7,10H2,1-2H3,(H,26,27)/b18-15-,19-17?,25-20?.